The van der Waals surface area contributed by atoms with Crippen molar-refractivity contribution in [2.45, 2.75) is 71.4 Å². The molecule has 4 rings (SSSR count). The monoisotopic (exact) mass is 598 g/mol. The lowest BCUT2D eigenvalue weighted by molar-refractivity contribution is -0.146. The maximum Gasteiger partial charge on any atom is 0.410 e. The number of carbonyl (C=O) groups excluding carboxylic acids is 3. The van der Waals surface area contributed by atoms with E-state index in [4.69, 9.17) is 19.2 Å². The number of likely N-dealkylation sites (tertiary alicyclic amines) is 1. The second-order valence-electron chi connectivity index (χ2n) is 11.2. The van der Waals surface area contributed by atoms with Gasteiger partial charge in [0.15, 0.2) is 5.69 Å². The molecule has 3 heterocycles. The van der Waals surface area contributed by atoms with Crippen LogP contribution in [0.2, 0.25) is 0 Å². The molecule has 12 heteroatoms. The van der Waals surface area contributed by atoms with Crippen LogP contribution in [-0.2, 0) is 25.4 Å². The van der Waals surface area contributed by atoms with E-state index in [1.165, 1.54) is 18.5 Å². The van der Waals surface area contributed by atoms with E-state index in [9.17, 15) is 23.2 Å². The molecule has 0 aliphatic carbocycles. The van der Waals surface area contributed by atoms with Crippen molar-refractivity contribution < 1.29 is 37.4 Å². The first kappa shape index (κ1) is 31.7. The number of ether oxygens (including phenoxy) is 3. The largest absolute Gasteiger partial charge is 0.465 e. The van der Waals surface area contributed by atoms with Crippen LogP contribution in [0.25, 0.3) is 0 Å². The van der Waals surface area contributed by atoms with Gasteiger partial charge < -0.3 is 14.2 Å². The number of amides is 1. The van der Waals surface area contributed by atoms with Crippen LogP contribution >= 0.6 is 0 Å². The molecule has 1 aromatic heterocycles. The third-order valence-corrected chi connectivity index (χ3v) is 6.97. The summed E-state index contributed by atoms with van der Waals surface area (Å²) in [6.45, 7) is 9.30. The molecule has 1 amide bonds. The summed E-state index contributed by atoms with van der Waals surface area (Å²) in [5, 5.41) is 0. The van der Waals surface area contributed by atoms with Crippen molar-refractivity contribution in [2.24, 2.45) is 10.9 Å². The van der Waals surface area contributed by atoms with Gasteiger partial charge in [-0.05, 0) is 59.1 Å². The number of aromatic nitrogens is 2. The van der Waals surface area contributed by atoms with E-state index in [2.05, 4.69) is 9.97 Å². The van der Waals surface area contributed by atoms with Gasteiger partial charge in [-0.25, -0.2) is 23.4 Å². The highest BCUT2D eigenvalue weighted by atomic mass is 19.1. The number of rotatable bonds is 8. The van der Waals surface area contributed by atoms with Gasteiger partial charge in [0.25, 0.3) is 0 Å². The molecule has 0 spiro atoms. The topological polar surface area (TPSA) is 120 Å². The number of hydrogen-bond donors (Lipinski definition) is 0. The molecule has 2 unspecified atom stereocenters. The molecule has 3 atom stereocenters. The number of nitrogens with zero attached hydrogens (tertiary/aromatic N) is 4. The number of hydrogen-bond acceptors (Lipinski definition) is 9. The summed E-state index contributed by atoms with van der Waals surface area (Å²) >= 11 is 0. The highest BCUT2D eigenvalue weighted by molar-refractivity contribution is 6.08. The minimum absolute atomic E-state index is 0.00698. The maximum atomic E-state index is 14.7. The Morgan fingerprint density at radius 1 is 1.05 bits per heavy atom. The van der Waals surface area contributed by atoms with Crippen molar-refractivity contribution >= 4 is 23.7 Å². The first-order valence-electron chi connectivity index (χ1n) is 14.3. The summed E-state index contributed by atoms with van der Waals surface area (Å²) in [4.78, 5) is 54.0. The molecule has 10 nitrogen and oxygen atoms in total. The summed E-state index contributed by atoms with van der Waals surface area (Å²) in [5.74, 6) is -4.46. The Kier molecular flexibility index (Phi) is 9.87. The molecule has 2 aliphatic heterocycles. The van der Waals surface area contributed by atoms with Crippen LogP contribution in [0, 0.1) is 17.6 Å². The number of benzene rings is 1. The minimum Gasteiger partial charge on any atom is -0.465 e. The minimum atomic E-state index is -1.00. The summed E-state index contributed by atoms with van der Waals surface area (Å²) in [7, 11) is 0. The fourth-order valence-corrected chi connectivity index (χ4v) is 5.19. The van der Waals surface area contributed by atoms with Gasteiger partial charge in [-0.2, -0.15) is 0 Å². The molecule has 0 N–H and O–H groups in total. The smallest absolute Gasteiger partial charge is 0.410 e. The molecular formula is C31H36F2N4O6. The highest BCUT2D eigenvalue weighted by Crippen LogP contribution is 2.38. The predicted octanol–water partition coefficient (Wildman–Crippen LogP) is 5.18. The summed E-state index contributed by atoms with van der Waals surface area (Å²) in [5.41, 5.74) is 0.512. The Morgan fingerprint density at radius 3 is 2.42 bits per heavy atom. The van der Waals surface area contributed by atoms with Crippen LogP contribution in [0.1, 0.15) is 75.1 Å². The van der Waals surface area contributed by atoms with Crippen molar-refractivity contribution in [1.82, 2.24) is 14.9 Å². The van der Waals surface area contributed by atoms with E-state index >= 15 is 0 Å². The van der Waals surface area contributed by atoms with Gasteiger partial charge in [0.1, 0.15) is 23.2 Å². The van der Waals surface area contributed by atoms with E-state index in [-0.39, 0.29) is 30.9 Å². The van der Waals surface area contributed by atoms with Gasteiger partial charge in [0.2, 0.25) is 0 Å². The average molecular weight is 599 g/mol. The van der Waals surface area contributed by atoms with Crippen LogP contribution in [0.5, 0.6) is 0 Å². The molecule has 2 aromatic rings. The fourth-order valence-electron chi connectivity index (χ4n) is 5.19. The molecule has 230 valence electrons. The molecule has 1 aromatic carbocycles. The van der Waals surface area contributed by atoms with Gasteiger partial charge in [-0.15, -0.1) is 0 Å². The van der Waals surface area contributed by atoms with Gasteiger partial charge in [-0.3, -0.25) is 19.7 Å². The second kappa shape index (κ2) is 13.4. The third kappa shape index (κ3) is 7.60. The zero-order valence-electron chi connectivity index (χ0n) is 24.9. The predicted molar refractivity (Wildman–Crippen MR) is 152 cm³/mol. The number of carbonyl (C=O) groups is 3. The molecule has 0 saturated carbocycles. The molecule has 0 radical (unpaired) electrons. The summed E-state index contributed by atoms with van der Waals surface area (Å²) in [6, 6.07) is 2.68. The fraction of sp³-hybridized carbons (Fsp3) is 0.484. The Hall–Kier alpha value is -4.22. The first-order chi connectivity index (χ1) is 20.4. The van der Waals surface area contributed by atoms with Gasteiger partial charge in [0, 0.05) is 30.6 Å². The SMILES string of the molecule is CCOC(=O)c1cnc(C2C=C(Cc3ccc(F)cc3F)N=C([C@@H]3CCCN3C(=O)OC(C)(C)C)C2C(=O)OCC)cn1. The van der Waals surface area contributed by atoms with Crippen molar-refractivity contribution in [2.75, 3.05) is 19.8 Å². The molecule has 43 heavy (non-hydrogen) atoms. The number of aliphatic imine (C=N–C) groups is 1. The third-order valence-electron chi connectivity index (χ3n) is 6.97. The lowest BCUT2D eigenvalue weighted by Crippen LogP contribution is -2.49. The van der Waals surface area contributed by atoms with Crippen LogP contribution in [-0.4, -0.2) is 70.0 Å². The Labute approximate surface area is 249 Å². The van der Waals surface area contributed by atoms with E-state index < -0.39 is 53.1 Å². The zero-order chi connectivity index (χ0) is 31.3. The van der Waals surface area contributed by atoms with Gasteiger partial charge >= 0.3 is 18.0 Å². The normalized spacial score (nSPS) is 20.3. The van der Waals surface area contributed by atoms with E-state index in [1.54, 1.807) is 45.6 Å². The molecule has 0 bridgehead atoms. The van der Waals surface area contributed by atoms with E-state index in [0.717, 1.165) is 12.1 Å². The van der Waals surface area contributed by atoms with Crippen molar-refractivity contribution in [3.63, 3.8) is 0 Å². The first-order valence-corrected chi connectivity index (χ1v) is 14.3. The zero-order valence-corrected chi connectivity index (χ0v) is 24.9. The quantitative estimate of drug-likeness (QED) is 0.301. The molecule has 1 fully saturated rings. The lowest BCUT2D eigenvalue weighted by atomic mass is 9.79. The number of esters is 2. The number of halogens is 2. The number of allylic oxidation sites excluding steroid dienone is 2. The van der Waals surface area contributed by atoms with Gasteiger partial charge in [0.05, 0.1) is 43.1 Å². The lowest BCUT2D eigenvalue weighted by Gasteiger charge is -2.35. The summed E-state index contributed by atoms with van der Waals surface area (Å²) in [6.07, 6.45) is 4.89. The summed E-state index contributed by atoms with van der Waals surface area (Å²) < 4.78 is 44.5. The van der Waals surface area contributed by atoms with E-state index in [0.29, 0.717) is 36.5 Å². The van der Waals surface area contributed by atoms with Gasteiger partial charge in [-0.1, -0.05) is 12.1 Å². The Balaban J connectivity index is 1.81. The van der Waals surface area contributed by atoms with Crippen LogP contribution < -0.4 is 0 Å². The van der Waals surface area contributed by atoms with Crippen LogP contribution in [0.3, 0.4) is 0 Å². The van der Waals surface area contributed by atoms with Crippen molar-refractivity contribution in [3.05, 3.63) is 71.0 Å². The van der Waals surface area contributed by atoms with E-state index in [1.807, 2.05) is 0 Å². The highest BCUT2D eigenvalue weighted by Gasteiger charge is 2.45. The second-order valence-corrected chi connectivity index (χ2v) is 11.2. The molecule has 2 aliphatic rings. The molecular weight excluding hydrogens is 562 g/mol. The Morgan fingerprint density at radius 2 is 1.79 bits per heavy atom. The molecule has 1 saturated heterocycles. The Bertz CT molecular complexity index is 1420. The van der Waals surface area contributed by atoms with Crippen molar-refractivity contribution in [3.8, 4) is 0 Å². The average Bonchev–Trinajstić information content (AvgIpc) is 3.44. The van der Waals surface area contributed by atoms with Crippen molar-refractivity contribution in [1.29, 1.82) is 0 Å². The van der Waals surface area contributed by atoms with Crippen LogP contribution in [0.15, 0.2) is 47.4 Å². The standard InChI is InChI=1S/C31H36F2N4O6/c1-6-41-28(38)24-17-34-23(16-35-24)21-15-20(13-18-10-11-19(32)14-22(18)33)36-27(26(21)29(39)42-7-2)25-9-8-12-37(25)30(40)43-31(3,4)5/h10-11,14-17,21,25-26H,6-9,12-13H2,1-5H3/t21?,25-,26?/m0/s1. The maximum absolute atomic E-state index is 14.7. The van der Waals surface area contributed by atoms with Crippen LogP contribution in [0.4, 0.5) is 13.6 Å².